The van der Waals surface area contributed by atoms with Crippen molar-refractivity contribution in [1.82, 2.24) is 10.3 Å². The number of hydrogen-bond donors (Lipinski definition) is 1. The minimum Gasteiger partial charge on any atom is -0.493 e. The number of benzene rings is 3. The number of quaternary nitrogens is 1. The minimum atomic E-state index is -0.496. The van der Waals surface area contributed by atoms with E-state index in [2.05, 4.69) is 56.6 Å². The number of allylic oxidation sites excluding steroid dienone is 2. The second-order valence-electron chi connectivity index (χ2n) is 11.7. The van der Waals surface area contributed by atoms with Gasteiger partial charge in [0.2, 0.25) is 5.89 Å². The molecule has 0 saturated carbocycles. The topological polar surface area (TPSA) is 64.4 Å². The fourth-order valence-corrected chi connectivity index (χ4v) is 5.33. The highest BCUT2D eigenvalue weighted by Crippen LogP contribution is 2.37. The number of carbonyl (C=O) groups is 1. The summed E-state index contributed by atoms with van der Waals surface area (Å²) in [6.07, 6.45) is 7.81. The molecular formula is C36H42ClFN3O3+. The van der Waals surface area contributed by atoms with E-state index in [-0.39, 0.29) is 17.4 Å². The van der Waals surface area contributed by atoms with Crippen molar-refractivity contribution in [2.45, 2.75) is 39.0 Å². The molecule has 0 bridgehead atoms. The van der Waals surface area contributed by atoms with Crippen molar-refractivity contribution in [3.8, 4) is 28.3 Å². The molecule has 0 aliphatic rings. The number of halogens is 2. The number of ether oxygens (including phenoxy) is 1. The Kier molecular flexibility index (Phi) is 11.4. The molecule has 0 aliphatic carbocycles. The first-order chi connectivity index (χ1) is 21.1. The first-order valence-electron chi connectivity index (χ1n) is 15.1. The maximum atomic E-state index is 14.7. The monoisotopic (exact) mass is 618 g/mol. The second-order valence-corrected chi connectivity index (χ2v) is 12.1. The van der Waals surface area contributed by atoms with Crippen LogP contribution in [0.15, 0.2) is 78.3 Å². The van der Waals surface area contributed by atoms with Crippen molar-refractivity contribution < 1.29 is 22.8 Å². The summed E-state index contributed by atoms with van der Waals surface area (Å²) in [7, 11) is 4.13. The molecule has 0 spiro atoms. The Morgan fingerprint density at radius 3 is 2.59 bits per heavy atom. The van der Waals surface area contributed by atoms with E-state index in [0.717, 1.165) is 60.4 Å². The molecule has 1 heterocycles. The fraction of sp³-hybridized carbons (Fsp3) is 0.333. The van der Waals surface area contributed by atoms with Crippen molar-refractivity contribution in [1.29, 1.82) is 0 Å². The summed E-state index contributed by atoms with van der Waals surface area (Å²) in [5, 5.41) is 3.31. The van der Waals surface area contributed by atoms with Crippen LogP contribution in [0.2, 0.25) is 5.02 Å². The van der Waals surface area contributed by atoms with Crippen molar-refractivity contribution >= 4 is 28.6 Å². The van der Waals surface area contributed by atoms with Gasteiger partial charge in [0, 0.05) is 23.6 Å². The molecule has 0 fully saturated rings. The molecule has 0 atom stereocenters. The molecule has 44 heavy (non-hydrogen) atoms. The summed E-state index contributed by atoms with van der Waals surface area (Å²) >= 11 is 5.96. The Morgan fingerprint density at radius 2 is 1.86 bits per heavy atom. The Balaban J connectivity index is 1.55. The number of rotatable bonds is 16. The number of nitrogens with zero attached hydrogens (tertiary/aromatic N) is 2. The standard InChI is InChI=1S/C36H41ClFN3O3/c1-6-9-17-39-34(42)24-41(4,5)18-10-19-43-33-16-13-26(22-27(33)12-8-3)30-20-25(11-7-2)21-32-35(30)44-36(40-32)29-15-14-28(37)23-31(29)38/h7-8,13-16,20-23H,2-3,6,9-12,17-19,24H2,1,4-5H3/p+1. The quantitative estimate of drug-likeness (QED) is 0.0781. The Bertz CT molecular complexity index is 1630. The van der Waals surface area contributed by atoms with Gasteiger partial charge < -0.3 is 19.0 Å². The van der Waals surface area contributed by atoms with E-state index in [1.807, 2.05) is 30.4 Å². The lowest BCUT2D eigenvalue weighted by Crippen LogP contribution is -2.48. The lowest BCUT2D eigenvalue weighted by atomic mass is 9.97. The van der Waals surface area contributed by atoms with Gasteiger partial charge in [-0.3, -0.25) is 4.79 Å². The average molecular weight is 619 g/mol. The highest BCUT2D eigenvalue weighted by molar-refractivity contribution is 6.30. The molecule has 0 aliphatic heterocycles. The highest BCUT2D eigenvalue weighted by atomic mass is 35.5. The third-order valence-corrected chi connectivity index (χ3v) is 7.65. The van der Waals surface area contributed by atoms with Crippen molar-refractivity contribution in [3.63, 3.8) is 0 Å². The average Bonchev–Trinajstić information content (AvgIpc) is 3.39. The first kappa shape index (κ1) is 33.0. The van der Waals surface area contributed by atoms with Gasteiger partial charge in [0.1, 0.15) is 17.1 Å². The third-order valence-electron chi connectivity index (χ3n) is 7.42. The van der Waals surface area contributed by atoms with Crippen LogP contribution in [-0.2, 0) is 17.6 Å². The summed E-state index contributed by atoms with van der Waals surface area (Å²) in [6, 6.07) is 14.5. The predicted octanol–water partition coefficient (Wildman–Crippen LogP) is 8.17. The Morgan fingerprint density at radius 1 is 1.07 bits per heavy atom. The molecule has 1 aromatic heterocycles. The van der Waals surface area contributed by atoms with Gasteiger partial charge in [-0.2, -0.15) is 0 Å². The van der Waals surface area contributed by atoms with Gasteiger partial charge in [-0.05, 0) is 78.4 Å². The van der Waals surface area contributed by atoms with Gasteiger partial charge in [-0.1, -0.05) is 43.2 Å². The smallest absolute Gasteiger partial charge is 0.275 e. The van der Waals surface area contributed by atoms with Crippen molar-refractivity contribution in [2.24, 2.45) is 0 Å². The number of fused-ring (bicyclic) bond motifs is 1. The lowest BCUT2D eigenvalue weighted by molar-refractivity contribution is -0.882. The molecule has 0 unspecified atom stereocenters. The summed E-state index contributed by atoms with van der Waals surface area (Å²) < 4.78 is 27.8. The molecule has 4 aromatic rings. The molecule has 6 nitrogen and oxygen atoms in total. The number of amides is 1. The van der Waals surface area contributed by atoms with Crippen LogP contribution in [0.4, 0.5) is 4.39 Å². The van der Waals surface area contributed by atoms with Gasteiger partial charge in [-0.15, -0.1) is 13.2 Å². The molecule has 0 saturated heterocycles. The Labute approximate surface area is 264 Å². The zero-order valence-electron chi connectivity index (χ0n) is 25.9. The first-order valence-corrected chi connectivity index (χ1v) is 15.5. The van der Waals surface area contributed by atoms with E-state index >= 15 is 0 Å². The van der Waals surface area contributed by atoms with Crippen LogP contribution in [-0.4, -0.2) is 55.7 Å². The number of nitrogens with one attached hydrogen (secondary N) is 1. The van der Waals surface area contributed by atoms with E-state index in [9.17, 15) is 9.18 Å². The molecule has 8 heteroatoms. The maximum absolute atomic E-state index is 14.7. The molecule has 0 radical (unpaired) electrons. The van der Waals surface area contributed by atoms with Crippen LogP contribution in [0.1, 0.15) is 37.3 Å². The molecule has 1 N–H and O–H groups in total. The summed E-state index contributed by atoms with van der Waals surface area (Å²) in [6.45, 7) is 12.4. The van der Waals surface area contributed by atoms with Gasteiger partial charge in [0.05, 0.1) is 32.8 Å². The number of oxazole rings is 1. The highest BCUT2D eigenvalue weighted by Gasteiger charge is 2.21. The van der Waals surface area contributed by atoms with Crippen LogP contribution in [0.3, 0.4) is 0 Å². The summed E-state index contributed by atoms with van der Waals surface area (Å²) in [5.41, 5.74) is 5.23. The van der Waals surface area contributed by atoms with E-state index in [4.69, 9.17) is 20.8 Å². The molecular weight excluding hydrogens is 577 g/mol. The fourth-order valence-electron chi connectivity index (χ4n) is 5.17. The molecule has 1 amide bonds. The predicted molar refractivity (Wildman–Crippen MR) is 178 cm³/mol. The number of aromatic nitrogens is 1. The second kappa shape index (κ2) is 15.2. The zero-order chi connectivity index (χ0) is 31.7. The van der Waals surface area contributed by atoms with Crippen LogP contribution < -0.4 is 10.1 Å². The Hall–Kier alpha value is -3.94. The van der Waals surface area contributed by atoms with Crippen LogP contribution >= 0.6 is 11.6 Å². The van der Waals surface area contributed by atoms with Gasteiger partial charge in [0.25, 0.3) is 5.91 Å². The van der Waals surface area contributed by atoms with Crippen molar-refractivity contribution in [3.05, 3.63) is 95.8 Å². The van der Waals surface area contributed by atoms with E-state index < -0.39 is 5.82 Å². The van der Waals surface area contributed by atoms with Crippen LogP contribution in [0.5, 0.6) is 5.75 Å². The van der Waals surface area contributed by atoms with E-state index in [0.29, 0.717) is 46.6 Å². The van der Waals surface area contributed by atoms with Gasteiger partial charge in [0.15, 0.2) is 12.1 Å². The molecule has 232 valence electrons. The summed E-state index contributed by atoms with van der Waals surface area (Å²) in [5.74, 6) is 0.564. The molecule has 4 rings (SSSR count). The van der Waals surface area contributed by atoms with E-state index in [1.54, 1.807) is 12.1 Å². The third kappa shape index (κ3) is 8.58. The zero-order valence-corrected chi connectivity index (χ0v) is 26.7. The van der Waals surface area contributed by atoms with Crippen LogP contribution in [0.25, 0.3) is 33.7 Å². The minimum absolute atomic E-state index is 0.0803. The largest absolute Gasteiger partial charge is 0.493 e. The lowest BCUT2D eigenvalue weighted by Gasteiger charge is -2.29. The summed E-state index contributed by atoms with van der Waals surface area (Å²) in [4.78, 5) is 16.9. The molecule has 3 aromatic carbocycles. The number of carbonyl (C=O) groups excluding carboxylic acids is 1. The number of unbranched alkanes of at least 4 members (excludes halogenated alkanes) is 1. The number of hydrogen-bond acceptors (Lipinski definition) is 4. The maximum Gasteiger partial charge on any atom is 0.275 e. The van der Waals surface area contributed by atoms with Crippen molar-refractivity contribution in [2.75, 3.05) is 40.3 Å². The van der Waals surface area contributed by atoms with Gasteiger partial charge in [-0.25, -0.2) is 9.37 Å². The normalized spacial score (nSPS) is 11.5. The van der Waals surface area contributed by atoms with E-state index in [1.165, 1.54) is 6.07 Å². The SMILES string of the molecule is C=CCc1cc(-c2ccc(OCCC[N+](C)(C)CC(=O)NCCCC)c(CC=C)c2)c2oc(-c3ccc(Cl)cc3F)nc2c1. The van der Waals surface area contributed by atoms with Crippen LogP contribution in [0, 0.1) is 5.82 Å². The number of likely N-dealkylation sites (N-methyl/N-ethyl adjacent to an activating group) is 1. The van der Waals surface area contributed by atoms with Gasteiger partial charge >= 0.3 is 0 Å².